The van der Waals surface area contributed by atoms with Crippen LogP contribution in [0.25, 0.3) is 0 Å². The third-order valence-corrected chi connectivity index (χ3v) is 6.98. The number of rotatable bonds is 8. The summed E-state index contributed by atoms with van der Waals surface area (Å²) in [4.78, 5) is 11.9. The number of ether oxygens (including phenoxy) is 1. The summed E-state index contributed by atoms with van der Waals surface area (Å²) in [6, 6.07) is 7.87. The van der Waals surface area contributed by atoms with E-state index in [2.05, 4.69) is 5.32 Å². The van der Waals surface area contributed by atoms with Crippen LogP contribution in [-0.2, 0) is 32.5 Å². The number of thioether (sulfide) groups is 1. The van der Waals surface area contributed by atoms with Gasteiger partial charge in [-0.05, 0) is 24.5 Å². The van der Waals surface area contributed by atoms with Gasteiger partial charge in [0.05, 0.1) is 23.9 Å². The summed E-state index contributed by atoms with van der Waals surface area (Å²) in [5.74, 6) is 0.679. The monoisotopic (exact) mass is 357 g/mol. The van der Waals surface area contributed by atoms with Crippen LogP contribution in [0.15, 0.2) is 24.3 Å². The fourth-order valence-corrected chi connectivity index (χ4v) is 5.89. The van der Waals surface area contributed by atoms with Crippen LogP contribution in [0.4, 0.5) is 0 Å². The summed E-state index contributed by atoms with van der Waals surface area (Å²) in [5, 5.41) is 2.95. The predicted octanol–water partition coefficient (Wildman–Crippen LogP) is 1.76. The van der Waals surface area contributed by atoms with Crippen molar-refractivity contribution in [2.24, 2.45) is 0 Å². The van der Waals surface area contributed by atoms with Crippen molar-refractivity contribution in [1.82, 2.24) is 5.32 Å². The topological polar surface area (TPSA) is 72.5 Å². The summed E-state index contributed by atoms with van der Waals surface area (Å²) in [6.07, 6.45) is 0.650. The first-order chi connectivity index (χ1) is 11.0. The molecule has 0 bridgehead atoms. The van der Waals surface area contributed by atoms with Gasteiger partial charge in [-0.1, -0.05) is 24.3 Å². The molecular formula is C16H23NO4S2. The third-order valence-electron chi connectivity index (χ3n) is 3.70. The van der Waals surface area contributed by atoms with Crippen LogP contribution >= 0.6 is 11.8 Å². The molecule has 2 rings (SSSR count). The van der Waals surface area contributed by atoms with Crippen LogP contribution in [0, 0.1) is 0 Å². The molecule has 0 radical (unpaired) electrons. The quantitative estimate of drug-likeness (QED) is 0.767. The third kappa shape index (κ3) is 6.16. The molecule has 5 nitrogen and oxygen atoms in total. The van der Waals surface area contributed by atoms with Crippen molar-refractivity contribution in [2.75, 3.05) is 23.9 Å². The lowest BCUT2D eigenvalue weighted by atomic mass is 10.1. The highest BCUT2D eigenvalue weighted by atomic mass is 32.2. The molecule has 23 heavy (non-hydrogen) atoms. The van der Waals surface area contributed by atoms with E-state index in [1.165, 1.54) is 11.8 Å². The summed E-state index contributed by atoms with van der Waals surface area (Å²) < 4.78 is 28.2. The highest BCUT2D eigenvalue weighted by molar-refractivity contribution is 8.02. The fraction of sp³-hybridized carbons (Fsp3) is 0.562. The number of sulfone groups is 1. The molecule has 0 aromatic heterocycles. The van der Waals surface area contributed by atoms with Crippen molar-refractivity contribution < 1.29 is 17.9 Å². The number of hydrogen-bond acceptors (Lipinski definition) is 5. The van der Waals surface area contributed by atoms with Crippen LogP contribution < -0.4 is 5.32 Å². The van der Waals surface area contributed by atoms with Crippen molar-refractivity contribution in [3.8, 4) is 0 Å². The smallest absolute Gasteiger partial charge is 0.230 e. The molecule has 7 heteroatoms. The van der Waals surface area contributed by atoms with Gasteiger partial charge in [0.1, 0.15) is 0 Å². The van der Waals surface area contributed by atoms with Crippen LogP contribution in [-0.4, -0.2) is 43.4 Å². The summed E-state index contributed by atoms with van der Waals surface area (Å²) in [7, 11) is -2.88. The Morgan fingerprint density at radius 3 is 2.74 bits per heavy atom. The molecule has 0 saturated carbocycles. The van der Waals surface area contributed by atoms with Gasteiger partial charge in [-0.15, -0.1) is 11.8 Å². The molecule has 0 spiro atoms. The second-order valence-electron chi connectivity index (χ2n) is 5.52. The molecule has 1 aromatic rings. The number of carbonyl (C=O) groups excluding carboxylic acids is 1. The minimum Gasteiger partial charge on any atom is -0.377 e. The molecule has 0 aliphatic carbocycles. The van der Waals surface area contributed by atoms with E-state index in [0.717, 1.165) is 11.1 Å². The Balaban J connectivity index is 1.76. The molecule has 1 unspecified atom stereocenters. The first-order valence-corrected chi connectivity index (χ1v) is 10.6. The molecule has 1 atom stereocenters. The zero-order chi connectivity index (χ0) is 16.7. The molecule has 1 saturated heterocycles. The van der Waals surface area contributed by atoms with E-state index in [1.54, 1.807) is 0 Å². The summed E-state index contributed by atoms with van der Waals surface area (Å²) >= 11 is 1.43. The number of nitrogens with one attached hydrogen (secondary N) is 1. The van der Waals surface area contributed by atoms with Gasteiger partial charge in [0.15, 0.2) is 9.84 Å². The lowest BCUT2D eigenvalue weighted by Crippen LogP contribution is -2.26. The highest BCUT2D eigenvalue weighted by Crippen LogP contribution is 2.24. The van der Waals surface area contributed by atoms with Gasteiger partial charge < -0.3 is 10.1 Å². The Hall–Kier alpha value is -1.05. The van der Waals surface area contributed by atoms with Crippen LogP contribution in [0.5, 0.6) is 0 Å². The minimum atomic E-state index is -2.88. The molecular weight excluding hydrogens is 334 g/mol. The van der Waals surface area contributed by atoms with Gasteiger partial charge in [-0.2, -0.15) is 0 Å². The highest BCUT2D eigenvalue weighted by Gasteiger charge is 2.28. The lowest BCUT2D eigenvalue weighted by Gasteiger charge is -2.11. The Bertz CT molecular complexity index is 631. The zero-order valence-corrected chi connectivity index (χ0v) is 14.9. The van der Waals surface area contributed by atoms with Crippen LogP contribution in [0.2, 0.25) is 0 Å². The number of amides is 1. The van der Waals surface area contributed by atoms with Gasteiger partial charge in [-0.3, -0.25) is 4.79 Å². The molecule has 1 aliphatic heterocycles. The molecule has 1 N–H and O–H groups in total. The van der Waals surface area contributed by atoms with E-state index in [4.69, 9.17) is 4.74 Å². The summed E-state index contributed by atoms with van der Waals surface area (Å²) in [5.41, 5.74) is 2.12. The van der Waals surface area contributed by atoms with Gasteiger partial charge in [0, 0.05) is 18.4 Å². The molecule has 1 heterocycles. The fourth-order valence-electron chi connectivity index (χ4n) is 2.41. The van der Waals surface area contributed by atoms with Gasteiger partial charge in [-0.25, -0.2) is 8.42 Å². The number of carbonyl (C=O) groups is 1. The molecule has 128 valence electrons. The van der Waals surface area contributed by atoms with Gasteiger partial charge in [0.25, 0.3) is 0 Å². The van der Waals surface area contributed by atoms with Gasteiger partial charge >= 0.3 is 0 Å². The van der Waals surface area contributed by atoms with E-state index in [0.29, 0.717) is 31.9 Å². The molecule has 1 amide bonds. The van der Waals surface area contributed by atoms with Crippen molar-refractivity contribution in [3.63, 3.8) is 0 Å². The Kier molecular flexibility index (Phi) is 6.92. The average molecular weight is 357 g/mol. The second-order valence-corrected chi connectivity index (χ2v) is 9.04. The van der Waals surface area contributed by atoms with Crippen LogP contribution in [0.3, 0.4) is 0 Å². The van der Waals surface area contributed by atoms with Crippen LogP contribution in [0.1, 0.15) is 24.5 Å². The zero-order valence-electron chi connectivity index (χ0n) is 13.3. The average Bonchev–Trinajstić information content (AvgIpc) is 2.89. The molecule has 1 aliphatic rings. The molecule has 1 fully saturated rings. The largest absolute Gasteiger partial charge is 0.377 e. The van der Waals surface area contributed by atoms with E-state index in [1.807, 2.05) is 31.2 Å². The Morgan fingerprint density at radius 2 is 2.09 bits per heavy atom. The normalized spacial score (nSPS) is 19.6. The van der Waals surface area contributed by atoms with E-state index < -0.39 is 9.84 Å². The van der Waals surface area contributed by atoms with Crippen molar-refractivity contribution in [3.05, 3.63) is 35.4 Å². The maximum atomic E-state index is 11.9. The lowest BCUT2D eigenvalue weighted by molar-refractivity contribution is -0.118. The Morgan fingerprint density at radius 1 is 1.35 bits per heavy atom. The minimum absolute atomic E-state index is 0.0518. The van der Waals surface area contributed by atoms with E-state index in [-0.39, 0.29) is 22.7 Å². The van der Waals surface area contributed by atoms with Gasteiger partial charge in [0.2, 0.25) is 5.91 Å². The molecule has 1 aromatic carbocycles. The maximum Gasteiger partial charge on any atom is 0.230 e. The van der Waals surface area contributed by atoms with Crippen molar-refractivity contribution in [2.45, 2.75) is 31.7 Å². The van der Waals surface area contributed by atoms with E-state index in [9.17, 15) is 13.2 Å². The number of hydrogen-bond donors (Lipinski definition) is 1. The summed E-state index contributed by atoms with van der Waals surface area (Å²) in [6.45, 7) is 3.61. The number of benzene rings is 1. The van der Waals surface area contributed by atoms with Crippen molar-refractivity contribution >= 4 is 27.5 Å². The van der Waals surface area contributed by atoms with E-state index >= 15 is 0 Å². The predicted molar refractivity (Wildman–Crippen MR) is 93.1 cm³/mol. The second kappa shape index (κ2) is 8.70. The Labute approximate surface area is 142 Å². The van der Waals surface area contributed by atoms with Crippen molar-refractivity contribution in [1.29, 1.82) is 0 Å². The first kappa shape index (κ1) is 18.3. The first-order valence-electron chi connectivity index (χ1n) is 7.73. The SMILES string of the molecule is CCOCc1ccccc1CNC(=O)CSC1CCS(=O)(=O)C1. The maximum absolute atomic E-state index is 11.9. The standard InChI is InChI=1S/C16H23NO4S2/c1-2-21-10-14-6-4-3-5-13(14)9-17-16(18)11-22-15-7-8-23(19,20)12-15/h3-6,15H,2,7-12H2,1H3,(H,17,18).